The molecule has 0 aromatic heterocycles. The monoisotopic (exact) mass is 182 g/mol. The predicted molar refractivity (Wildman–Crippen MR) is 53.5 cm³/mol. The minimum absolute atomic E-state index is 0.187. The predicted octanol–water partition coefficient (Wildman–Crippen LogP) is 0.773. The quantitative estimate of drug-likeness (QED) is 0.503. The fraction of sp³-hybridized carbons (Fsp3) is 0.700. The van der Waals surface area contributed by atoms with Gasteiger partial charge in [0, 0.05) is 19.6 Å². The molecular formula is C10H18N2O. The highest BCUT2D eigenvalue weighted by Gasteiger charge is 2.24. The van der Waals surface area contributed by atoms with Gasteiger partial charge in [0.25, 0.3) is 0 Å². The largest absolute Gasteiger partial charge is 0.342 e. The number of carbonyl (C=O) groups is 1. The Morgan fingerprint density at radius 2 is 2.38 bits per heavy atom. The van der Waals surface area contributed by atoms with Gasteiger partial charge in [0.05, 0.1) is 6.54 Å². The van der Waals surface area contributed by atoms with Gasteiger partial charge in [-0.1, -0.05) is 6.08 Å². The standard InChI is InChI=1S/C10H18N2O/c1-3-7-11-8-10(13)12(2)9-5-4-6-9/h3,9,11H,1,4-8H2,2H3. The van der Waals surface area contributed by atoms with Gasteiger partial charge in [0.1, 0.15) is 0 Å². The maximum Gasteiger partial charge on any atom is 0.236 e. The Kier molecular flexibility index (Phi) is 3.96. The topological polar surface area (TPSA) is 32.3 Å². The molecule has 3 nitrogen and oxygen atoms in total. The third-order valence-corrected chi connectivity index (χ3v) is 2.58. The van der Waals surface area contributed by atoms with Crippen molar-refractivity contribution in [2.24, 2.45) is 0 Å². The average Bonchev–Trinajstić information content (AvgIpc) is 2.01. The highest BCUT2D eigenvalue weighted by Crippen LogP contribution is 2.23. The second-order valence-electron chi connectivity index (χ2n) is 3.51. The lowest BCUT2D eigenvalue weighted by atomic mass is 9.92. The Morgan fingerprint density at radius 1 is 1.69 bits per heavy atom. The molecule has 1 N–H and O–H groups in total. The molecule has 0 heterocycles. The first-order valence-electron chi connectivity index (χ1n) is 4.83. The van der Waals surface area contributed by atoms with E-state index >= 15 is 0 Å². The average molecular weight is 182 g/mol. The third kappa shape index (κ3) is 2.84. The normalized spacial score (nSPS) is 16.4. The van der Waals surface area contributed by atoms with Crippen molar-refractivity contribution in [3.8, 4) is 0 Å². The van der Waals surface area contributed by atoms with E-state index in [4.69, 9.17) is 0 Å². The van der Waals surface area contributed by atoms with Gasteiger partial charge in [0.2, 0.25) is 5.91 Å². The lowest BCUT2D eigenvalue weighted by Crippen LogP contribution is -2.45. The van der Waals surface area contributed by atoms with E-state index in [2.05, 4.69) is 11.9 Å². The molecular weight excluding hydrogens is 164 g/mol. The Bertz CT molecular complexity index is 187. The Labute approximate surface area is 79.8 Å². The van der Waals surface area contributed by atoms with Crippen molar-refractivity contribution in [1.82, 2.24) is 10.2 Å². The van der Waals surface area contributed by atoms with E-state index in [9.17, 15) is 4.79 Å². The summed E-state index contributed by atoms with van der Waals surface area (Å²) in [7, 11) is 1.89. The van der Waals surface area contributed by atoms with Crippen LogP contribution in [-0.2, 0) is 4.79 Å². The van der Waals surface area contributed by atoms with E-state index in [0.717, 1.165) is 0 Å². The molecule has 1 amide bonds. The second-order valence-corrected chi connectivity index (χ2v) is 3.51. The summed E-state index contributed by atoms with van der Waals surface area (Å²) in [5.74, 6) is 0.187. The first kappa shape index (κ1) is 10.3. The lowest BCUT2D eigenvalue weighted by Gasteiger charge is -2.34. The van der Waals surface area contributed by atoms with Crippen molar-refractivity contribution in [2.45, 2.75) is 25.3 Å². The van der Waals surface area contributed by atoms with Crippen LogP contribution in [0.1, 0.15) is 19.3 Å². The van der Waals surface area contributed by atoms with Crippen molar-refractivity contribution >= 4 is 5.91 Å². The number of rotatable bonds is 5. The molecule has 0 radical (unpaired) electrons. The number of nitrogens with one attached hydrogen (secondary N) is 1. The summed E-state index contributed by atoms with van der Waals surface area (Å²) in [5, 5.41) is 3.01. The Balaban J connectivity index is 2.17. The van der Waals surface area contributed by atoms with Crippen molar-refractivity contribution in [3.05, 3.63) is 12.7 Å². The fourth-order valence-corrected chi connectivity index (χ4v) is 1.38. The van der Waals surface area contributed by atoms with Crippen LogP contribution in [0, 0.1) is 0 Å². The number of likely N-dealkylation sites (N-methyl/N-ethyl adjacent to an activating group) is 1. The second kappa shape index (κ2) is 5.02. The molecule has 1 rings (SSSR count). The van der Waals surface area contributed by atoms with E-state index in [1.165, 1.54) is 19.3 Å². The van der Waals surface area contributed by atoms with Crippen LogP contribution in [0.2, 0.25) is 0 Å². The zero-order chi connectivity index (χ0) is 9.68. The summed E-state index contributed by atoms with van der Waals surface area (Å²) in [6.07, 6.45) is 5.37. The SMILES string of the molecule is C=CCNCC(=O)N(C)C1CCC1. The minimum Gasteiger partial charge on any atom is -0.342 e. The molecule has 0 saturated heterocycles. The summed E-state index contributed by atoms with van der Waals surface area (Å²) >= 11 is 0. The van der Waals surface area contributed by atoms with Crippen LogP contribution in [0.3, 0.4) is 0 Å². The van der Waals surface area contributed by atoms with E-state index in [-0.39, 0.29) is 5.91 Å². The minimum atomic E-state index is 0.187. The lowest BCUT2D eigenvalue weighted by molar-refractivity contribution is -0.132. The summed E-state index contributed by atoms with van der Waals surface area (Å²) < 4.78 is 0. The summed E-state index contributed by atoms with van der Waals surface area (Å²) in [6, 6.07) is 0.498. The van der Waals surface area contributed by atoms with Crippen LogP contribution in [0.25, 0.3) is 0 Å². The van der Waals surface area contributed by atoms with Crippen molar-refractivity contribution in [2.75, 3.05) is 20.1 Å². The van der Waals surface area contributed by atoms with Gasteiger partial charge < -0.3 is 10.2 Å². The Hall–Kier alpha value is -0.830. The molecule has 1 saturated carbocycles. The van der Waals surface area contributed by atoms with Crippen LogP contribution in [0.15, 0.2) is 12.7 Å². The van der Waals surface area contributed by atoms with Crippen LogP contribution >= 0.6 is 0 Å². The molecule has 0 aliphatic heterocycles. The molecule has 3 heteroatoms. The van der Waals surface area contributed by atoms with Crippen molar-refractivity contribution in [1.29, 1.82) is 0 Å². The van der Waals surface area contributed by atoms with E-state index in [0.29, 0.717) is 19.1 Å². The summed E-state index contributed by atoms with van der Waals surface area (Å²) in [4.78, 5) is 13.3. The molecule has 1 aliphatic carbocycles. The molecule has 1 fully saturated rings. The van der Waals surface area contributed by atoms with Crippen LogP contribution in [0.4, 0.5) is 0 Å². The smallest absolute Gasteiger partial charge is 0.236 e. The first-order valence-corrected chi connectivity index (χ1v) is 4.83. The molecule has 13 heavy (non-hydrogen) atoms. The van der Waals surface area contributed by atoms with E-state index in [1.807, 2.05) is 11.9 Å². The third-order valence-electron chi connectivity index (χ3n) is 2.58. The van der Waals surface area contributed by atoms with Gasteiger partial charge in [-0.25, -0.2) is 0 Å². The zero-order valence-corrected chi connectivity index (χ0v) is 8.25. The maximum atomic E-state index is 11.5. The molecule has 0 aromatic rings. The van der Waals surface area contributed by atoms with Gasteiger partial charge in [-0.05, 0) is 19.3 Å². The number of amides is 1. The van der Waals surface area contributed by atoms with E-state index in [1.54, 1.807) is 6.08 Å². The molecule has 0 bridgehead atoms. The molecule has 0 atom stereocenters. The van der Waals surface area contributed by atoms with Crippen LogP contribution < -0.4 is 5.32 Å². The van der Waals surface area contributed by atoms with Gasteiger partial charge in [-0.3, -0.25) is 4.79 Å². The van der Waals surface area contributed by atoms with Gasteiger partial charge >= 0.3 is 0 Å². The van der Waals surface area contributed by atoms with Gasteiger partial charge in [-0.2, -0.15) is 0 Å². The molecule has 1 aliphatic rings. The molecule has 74 valence electrons. The molecule has 0 unspecified atom stereocenters. The highest BCUT2D eigenvalue weighted by molar-refractivity contribution is 5.78. The number of nitrogens with zero attached hydrogens (tertiary/aromatic N) is 1. The summed E-state index contributed by atoms with van der Waals surface area (Å²) in [5.41, 5.74) is 0. The Morgan fingerprint density at radius 3 is 2.85 bits per heavy atom. The number of hydrogen-bond acceptors (Lipinski definition) is 2. The number of carbonyl (C=O) groups excluding carboxylic acids is 1. The van der Waals surface area contributed by atoms with Crippen LogP contribution in [0.5, 0.6) is 0 Å². The van der Waals surface area contributed by atoms with Gasteiger partial charge in [0.15, 0.2) is 0 Å². The summed E-state index contributed by atoms with van der Waals surface area (Å²) in [6.45, 7) is 4.71. The van der Waals surface area contributed by atoms with Gasteiger partial charge in [-0.15, -0.1) is 6.58 Å². The highest BCUT2D eigenvalue weighted by atomic mass is 16.2. The van der Waals surface area contributed by atoms with Crippen molar-refractivity contribution in [3.63, 3.8) is 0 Å². The van der Waals surface area contributed by atoms with Crippen molar-refractivity contribution < 1.29 is 4.79 Å². The van der Waals surface area contributed by atoms with E-state index < -0.39 is 0 Å². The maximum absolute atomic E-state index is 11.5. The first-order chi connectivity index (χ1) is 6.25. The molecule has 0 aromatic carbocycles. The zero-order valence-electron chi connectivity index (χ0n) is 8.25. The fourth-order valence-electron chi connectivity index (χ4n) is 1.38. The van der Waals surface area contributed by atoms with Crippen LogP contribution in [-0.4, -0.2) is 37.0 Å². The molecule has 0 spiro atoms. The number of hydrogen-bond donors (Lipinski definition) is 1.